The Morgan fingerprint density at radius 3 is 2.16 bits per heavy atom. The van der Waals surface area contributed by atoms with Crippen molar-refractivity contribution < 1.29 is 32.7 Å². The molecule has 1 aromatic carbocycles. The van der Waals surface area contributed by atoms with Crippen LogP contribution in [0.2, 0.25) is 0 Å². The van der Waals surface area contributed by atoms with Gasteiger partial charge >= 0.3 is 12.1 Å². The van der Waals surface area contributed by atoms with Crippen molar-refractivity contribution in [1.29, 1.82) is 5.41 Å². The highest BCUT2D eigenvalue weighted by Crippen LogP contribution is 2.13. The molecule has 0 radical (unpaired) electrons. The van der Waals surface area contributed by atoms with Crippen LogP contribution in [-0.4, -0.2) is 40.9 Å². The molecule has 0 saturated carbocycles. The van der Waals surface area contributed by atoms with Gasteiger partial charge in [-0.2, -0.15) is 13.2 Å². The van der Waals surface area contributed by atoms with E-state index in [1.807, 2.05) is 0 Å². The minimum Gasteiger partial charge on any atom is -0.475 e. The van der Waals surface area contributed by atoms with Crippen molar-refractivity contribution in [3.8, 4) is 0 Å². The van der Waals surface area contributed by atoms with E-state index in [1.165, 1.54) is 6.92 Å². The van der Waals surface area contributed by atoms with Gasteiger partial charge in [0.25, 0.3) is 0 Å². The van der Waals surface area contributed by atoms with E-state index in [4.69, 9.17) is 26.8 Å². The summed E-state index contributed by atoms with van der Waals surface area (Å²) >= 11 is 0. The highest BCUT2D eigenvalue weighted by Gasteiger charge is 2.38. The number of aliphatic carboxylic acids is 1. The largest absolute Gasteiger partial charge is 0.490 e. The molecule has 25 heavy (non-hydrogen) atoms. The molecule has 0 heterocycles. The number of halogens is 3. The van der Waals surface area contributed by atoms with E-state index in [0.29, 0.717) is 5.56 Å². The number of amidine groups is 1. The molecule has 11 heteroatoms. The fourth-order valence-corrected chi connectivity index (χ4v) is 1.57. The van der Waals surface area contributed by atoms with Crippen molar-refractivity contribution in [2.24, 2.45) is 11.5 Å². The van der Waals surface area contributed by atoms with E-state index in [2.05, 4.69) is 5.32 Å². The van der Waals surface area contributed by atoms with Gasteiger partial charge in [0.2, 0.25) is 11.8 Å². The van der Waals surface area contributed by atoms with E-state index in [-0.39, 0.29) is 18.2 Å². The lowest BCUT2D eigenvalue weighted by atomic mass is 10.0. The number of hydrogen-bond donors (Lipinski definition) is 5. The number of alkyl halides is 3. The average Bonchev–Trinajstić information content (AvgIpc) is 2.45. The third-order valence-electron chi connectivity index (χ3n) is 2.64. The van der Waals surface area contributed by atoms with Gasteiger partial charge in [-0.25, -0.2) is 4.79 Å². The zero-order chi connectivity index (χ0) is 19.8. The second-order valence-electron chi connectivity index (χ2n) is 4.78. The van der Waals surface area contributed by atoms with Gasteiger partial charge in [-0.1, -0.05) is 18.2 Å². The molecule has 0 aliphatic rings. The van der Waals surface area contributed by atoms with E-state index < -0.39 is 24.1 Å². The Bertz CT molecular complexity index is 662. The van der Waals surface area contributed by atoms with Crippen molar-refractivity contribution in [2.75, 3.05) is 0 Å². The fraction of sp³-hybridized carbons (Fsp3) is 0.286. The molecule has 1 atom stereocenters. The van der Waals surface area contributed by atoms with Gasteiger partial charge in [-0.3, -0.25) is 15.0 Å². The van der Waals surface area contributed by atoms with Crippen LogP contribution in [0.5, 0.6) is 0 Å². The Kier molecular flexibility index (Phi) is 8.10. The maximum absolute atomic E-state index is 11.2. The Hall–Kier alpha value is -3.11. The van der Waals surface area contributed by atoms with Crippen LogP contribution in [0.4, 0.5) is 13.2 Å². The number of rotatable bonds is 5. The average molecular weight is 362 g/mol. The molecule has 2 amide bonds. The third-order valence-corrected chi connectivity index (χ3v) is 2.64. The Morgan fingerprint density at radius 2 is 1.80 bits per heavy atom. The van der Waals surface area contributed by atoms with Crippen LogP contribution in [0.15, 0.2) is 24.3 Å². The first-order chi connectivity index (χ1) is 11.3. The predicted molar refractivity (Wildman–Crippen MR) is 81.7 cm³/mol. The second kappa shape index (κ2) is 9.25. The monoisotopic (exact) mass is 362 g/mol. The lowest BCUT2D eigenvalue weighted by Gasteiger charge is -2.14. The summed E-state index contributed by atoms with van der Waals surface area (Å²) < 4.78 is 31.7. The molecular formula is C14H17F3N4O4. The summed E-state index contributed by atoms with van der Waals surface area (Å²) in [6.07, 6.45) is -4.81. The molecule has 0 aliphatic heterocycles. The molecule has 0 unspecified atom stereocenters. The summed E-state index contributed by atoms with van der Waals surface area (Å²) in [6.45, 7) is 1.32. The molecule has 1 aromatic rings. The molecule has 0 saturated heterocycles. The molecular weight excluding hydrogens is 345 g/mol. The minimum atomic E-state index is -5.08. The van der Waals surface area contributed by atoms with Crippen LogP contribution < -0.4 is 16.8 Å². The number of carboxylic acids is 1. The summed E-state index contributed by atoms with van der Waals surface area (Å²) in [5, 5.41) is 16.9. The molecule has 1 rings (SSSR count). The quantitative estimate of drug-likeness (QED) is 0.371. The van der Waals surface area contributed by atoms with Gasteiger partial charge in [-0.15, -0.1) is 0 Å². The Labute approximate surface area is 140 Å². The number of primary amides is 1. The van der Waals surface area contributed by atoms with Gasteiger partial charge in [0.15, 0.2) is 0 Å². The molecule has 138 valence electrons. The molecule has 0 fully saturated rings. The zero-order valence-electron chi connectivity index (χ0n) is 13.1. The standard InChI is InChI=1S/C12H16N4O2.C2HF3O2/c1-7(17)16-10(12(15)18)6-8-3-2-4-9(5-8)11(13)14;3-2(4,5)1(6)7/h2-5,10H,6H2,1H3,(H3,13,14)(H2,15,18)(H,16,17);(H,6,7)/t10-;/m0./s1. The van der Waals surface area contributed by atoms with Crippen LogP contribution >= 0.6 is 0 Å². The van der Waals surface area contributed by atoms with Gasteiger partial charge in [0.1, 0.15) is 11.9 Å². The lowest BCUT2D eigenvalue weighted by Crippen LogP contribution is -2.45. The Balaban J connectivity index is 0.000000697. The lowest BCUT2D eigenvalue weighted by molar-refractivity contribution is -0.192. The van der Waals surface area contributed by atoms with Crippen LogP contribution in [0.1, 0.15) is 18.1 Å². The number of nitrogen functional groups attached to an aromatic ring is 1. The van der Waals surface area contributed by atoms with Gasteiger partial charge in [-0.05, 0) is 11.6 Å². The van der Waals surface area contributed by atoms with Crippen LogP contribution in [-0.2, 0) is 20.8 Å². The first-order valence-electron chi connectivity index (χ1n) is 6.64. The smallest absolute Gasteiger partial charge is 0.475 e. The molecule has 0 aromatic heterocycles. The van der Waals surface area contributed by atoms with Gasteiger partial charge in [0.05, 0.1) is 0 Å². The summed E-state index contributed by atoms with van der Waals surface area (Å²) in [5.74, 6) is -3.72. The molecule has 7 N–H and O–H groups in total. The molecule has 0 bridgehead atoms. The third kappa shape index (κ3) is 8.93. The normalized spacial score (nSPS) is 11.5. The Morgan fingerprint density at radius 1 is 1.28 bits per heavy atom. The minimum absolute atomic E-state index is 0.0491. The molecule has 8 nitrogen and oxygen atoms in total. The maximum Gasteiger partial charge on any atom is 0.490 e. The van der Waals surface area contributed by atoms with Crippen molar-refractivity contribution in [2.45, 2.75) is 25.6 Å². The number of benzene rings is 1. The van der Waals surface area contributed by atoms with E-state index >= 15 is 0 Å². The first kappa shape index (κ1) is 21.9. The van der Waals surface area contributed by atoms with E-state index in [9.17, 15) is 22.8 Å². The van der Waals surface area contributed by atoms with Crippen LogP contribution in [0.3, 0.4) is 0 Å². The summed E-state index contributed by atoms with van der Waals surface area (Å²) in [4.78, 5) is 31.0. The molecule has 0 spiro atoms. The number of carbonyl (C=O) groups is 3. The SMILES string of the molecule is CC(=O)N[C@@H](Cc1cccc(C(=N)N)c1)C(N)=O.O=C(O)C(F)(F)F. The summed E-state index contributed by atoms with van der Waals surface area (Å²) in [7, 11) is 0. The maximum atomic E-state index is 11.2. The number of hydrogen-bond acceptors (Lipinski definition) is 4. The number of carbonyl (C=O) groups excluding carboxylic acids is 2. The fourth-order valence-electron chi connectivity index (χ4n) is 1.57. The van der Waals surface area contributed by atoms with Crippen molar-refractivity contribution >= 4 is 23.6 Å². The van der Waals surface area contributed by atoms with E-state index in [1.54, 1.807) is 24.3 Å². The highest BCUT2D eigenvalue weighted by atomic mass is 19.4. The van der Waals surface area contributed by atoms with Crippen LogP contribution in [0.25, 0.3) is 0 Å². The van der Waals surface area contributed by atoms with E-state index in [0.717, 1.165) is 5.56 Å². The first-order valence-corrected chi connectivity index (χ1v) is 6.64. The van der Waals surface area contributed by atoms with Crippen molar-refractivity contribution in [3.05, 3.63) is 35.4 Å². The van der Waals surface area contributed by atoms with Crippen molar-refractivity contribution in [3.63, 3.8) is 0 Å². The number of nitrogens with one attached hydrogen (secondary N) is 2. The van der Waals surface area contributed by atoms with Crippen LogP contribution in [0, 0.1) is 5.41 Å². The summed E-state index contributed by atoms with van der Waals surface area (Å²) in [5.41, 5.74) is 11.9. The van der Waals surface area contributed by atoms with Gasteiger partial charge < -0.3 is 21.9 Å². The second-order valence-corrected chi connectivity index (χ2v) is 4.78. The number of amides is 2. The number of carboxylic acid groups (broad SMARTS) is 1. The molecule has 0 aliphatic carbocycles. The highest BCUT2D eigenvalue weighted by molar-refractivity contribution is 5.95. The summed E-state index contributed by atoms with van der Waals surface area (Å²) in [6, 6.07) is 6.15. The predicted octanol–water partition coefficient (Wildman–Crippen LogP) is 0.136. The zero-order valence-corrected chi connectivity index (χ0v) is 13.1. The van der Waals surface area contributed by atoms with Gasteiger partial charge in [0, 0.05) is 18.9 Å². The van der Waals surface area contributed by atoms with Crippen molar-refractivity contribution in [1.82, 2.24) is 5.32 Å². The number of nitrogens with two attached hydrogens (primary N) is 2. The topological polar surface area (TPSA) is 159 Å².